The van der Waals surface area contributed by atoms with Crippen molar-refractivity contribution in [3.8, 4) is 11.4 Å². The summed E-state index contributed by atoms with van der Waals surface area (Å²) < 4.78 is 7.18. The molecule has 35 heavy (non-hydrogen) atoms. The second-order valence-electron chi connectivity index (χ2n) is 9.51. The second kappa shape index (κ2) is 10.6. The number of amides is 2. The summed E-state index contributed by atoms with van der Waals surface area (Å²) in [7, 11) is 1.88. The predicted octanol–water partition coefficient (Wildman–Crippen LogP) is 3.98. The zero-order valence-electron chi connectivity index (χ0n) is 20.6. The number of ether oxygens (including phenoxy) is 1. The molecule has 9 heteroatoms. The molecule has 0 bridgehead atoms. The minimum Gasteiger partial charge on any atom is -0.378 e. The van der Waals surface area contributed by atoms with E-state index in [4.69, 9.17) is 4.74 Å². The van der Waals surface area contributed by atoms with Crippen molar-refractivity contribution in [3.05, 3.63) is 59.7 Å². The van der Waals surface area contributed by atoms with E-state index in [2.05, 4.69) is 36.3 Å². The Bertz CT molecular complexity index is 1180. The molecule has 2 aromatic carbocycles. The van der Waals surface area contributed by atoms with Crippen LogP contribution in [0.4, 0.5) is 5.69 Å². The summed E-state index contributed by atoms with van der Waals surface area (Å²) in [6, 6.07) is 15.2. The zero-order valence-corrected chi connectivity index (χ0v) is 21.4. The van der Waals surface area contributed by atoms with Gasteiger partial charge >= 0.3 is 0 Å². The molecule has 4 rings (SSSR count). The van der Waals surface area contributed by atoms with Crippen molar-refractivity contribution >= 4 is 29.3 Å². The van der Waals surface area contributed by atoms with Crippen LogP contribution in [0.1, 0.15) is 36.7 Å². The number of carbonyl (C=O) groups excluding carboxylic acids is 2. The molecule has 8 nitrogen and oxygen atoms in total. The van der Waals surface area contributed by atoms with Crippen LogP contribution >= 0.6 is 11.8 Å². The molecule has 0 aliphatic carbocycles. The van der Waals surface area contributed by atoms with Crippen molar-refractivity contribution in [1.29, 1.82) is 0 Å². The number of anilines is 1. The molecule has 0 spiro atoms. The number of hydrogen-bond donors (Lipinski definition) is 1. The minimum absolute atomic E-state index is 0.0430. The fourth-order valence-corrected chi connectivity index (χ4v) is 4.56. The maximum absolute atomic E-state index is 12.7. The monoisotopic (exact) mass is 493 g/mol. The molecule has 3 aromatic rings. The SMILES string of the molecule is Cn1c(SCC(=O)N2CCOCC2)nnc1-c1ccc(NC(=O)c2ccc(C(C)(C)C)cc2)cc1. The van der Waals surface area contributed by atoms with Crippen LogP contribution in [0.5, 0.6) is 0 Å². The number of hydrogen-bond acceptors (Lipinski definition) is 6. The van der Waals surface area contributed by atoms with Gasteiger partial charge in [0.2, 0.25) is 5.91 Å². The molecule has 0 atom stereocenters. The lowest BCUT2D eigenvalue weighted by Gasteiger charge is -2.26. The highest BCUT2D eigenvalue weighted by molar-refractivity contribution is 7.99. The Kier molecular flexibility index (Phi) is 7.57. The molecule has 1 aliphatic rings. The number of carbonyl (C=O) groups is 2. The first kappa shape index (κ1) is 24.9. The van der Waals surface area contributed by atoms with Gasteiger partial charge in [-0.2, -0.15) is 0 Å². The first-order chi connectivity index (χ1) is 16.7. The van der Waals surface area contributed by atoms with Gasteiger partial charge in [-0.1, -0.05) is 44.7 Å². The van der Waals surface area contributed by atoms with Gasteiger partial charge in [0.1, 0.15) is 0 Å². The van der Waals surface area contributed by atoms with Crippen molar-refractivity contribution in [2.24, 2.45) is 7.05 Å². The van der Waals surface area contributed by atoms with Crippen molar-refractivity contribution in [2.75, 3.05) is 37.4 Å². The fraction of sp³-hybridized carbons (Fsp3) is 0.385. The Morgan fingerprint density at radius 1 is 1.00 bits per heavy atom. The molecule has 1 N–H and O–H groups in total. The van der Waals surface area contributed by atoms with Crippen molar-refractivity contribution in [3.63, 3.8) is 0 Å². The van der Waals surface area contributed by atoms with Gasteiger partial charge in [-0.15, -0.1) is 10.2 Å². The Hall–Kier alpha value is -3.17. The third-order valence-electron chi connectivity index (χ3n) is 5.94. The average Bonchev–Trinajstić information content (AvgIpc) is 3.23. The van der Waals surface area contributed by atoms with Gasteiger partial charge < -0.3 is 19.5 Å². The fourth-order valence-electron chi connectivity index (χ4n) is 3.75. The van der Waals surface area contributed by atoms with Crippen LogP contribution in [0.2, 0.25) is 0 Å². The normalized spacial score (nSPS) is 14.1. The number of morpholine rings is 1. The van der Waals surface area contributed by atoms with E-state index in [-0.39, 0.29) is 17.2 Å². The molecule has 1 aromatic heterocycles. The van der Waals surface area contributed by atoms with E-state index in [0.717, 1.165) is 5.56 Å². The van der Waals surface area contributed by atoms with E-state index in [1.165, 1.54) is 17.3 Å². The molecule has 1 aliphatic heterocycles. The molecule has 184 valence electrons. The van der Waals surface area contributed by atoms with Crippen LogP contribution in [-0.2, 0) is 22.0 Å². The van der Waals surface area contributed by atoms with Crippen LogP contribution in [0.25, 0.3) is 11.4 Å². The number of benzene rings is 2. The third kappa shape index (κ3) is 6.10. The number of nitrogens with zero attached hydrogens (tertiary/aromatic N) is 4. The standard InChI is InChI=1S/C26H31N5O3S/c1-26(2,3)20-9-5-19(6-10-20)24(33)27-21-11-7-18(8-12-21)23-28-29-25(30(23)4)35-17-22(32)31-13-15-34-16-14-31/h5-12H,13-17H2,1-4H3,(H,27,33). The van der Waals surface area contributed by atoms with Crippen LogP contribution < -0.4 is 5.32 Å². The predicted molar refractivity (Wildman–Crippen MR) is 138 cm³/mol. The summed E-state index contributed by atoms with van der Waals surface area (Å²) in [5.74, 6) is 0.937. The molecule has 0 radical (unpaired) electrons. The maximum atomic E-state index is 12.7. The first-order valence-corrected chi connectivity index (χ1v) is 12.6. The van der Waals surface area contributed by atoms with Gasteiger partial charge in [0.25, 0.3) is 5.91 Å². The van der Waals surface area contributed by atoms with E-state index in [1.54, 1.807) is 0 Å². The summed E-state index contributed by atoms with van der Waals surface area (Å²) in [5, 5.41) is 12.2. The van der Waals surface area contributed by atoms with E-state index >= 15 is 0 Å². The first-order valence-electron chi connectivity index (χ1n) is 11.6. The van der Waals surface area contributed by atoms with E-state index < -0.39 is 0 Å². The molecular weight excluding hydrogens is 462 g/mol. The highest BCUT2D eigenvalue weighted by Gasteiger charge is 2.19. The number of thioether (sulfide) groups is 1. The second-order valence-corrected chi connectivity index (χ2v) is 10.4. The molecule has 2 heterocycles. The van der Waals surface area contributed by atoms with Gasteiger partial charge in [-0.05, 0) is 47.4 Å². The Morgan fingerprint density at radius 2 is 1.66 bits per heavy atom. The topological polar surface area (TPSA) is 89.3 Å². The average molecular weight is 494 g/mol. The summed E-state index contributed by atoms with van der Waals surface area (Å²) in [4.78, 5) is 26.9. The highest BCUT2D eigenvalue weighted by atomic mass is 32.2. The summed E-state index contributed by atoms with van der Waals surface area (Å²) in [6.07, 6.45) is 0. The zero-order chi connectivity index (χ0) is 25.0. The smallest absolute Gasteiger partial charge is 0.255 e. The van der Waals surface area contributed by atoms with E-state index in [1.807, 2.05) is 65.0 Å². The Morgan fingerprint density at radius 3 is 2.29 bits per heavy atom. The van der Waals surface area contributed by atoms with Gasteiger partial charge in [0, 0.05) is 37.0 Å². The van der Waals surface area contributed by atoms with Crippen molar-refractivity contribution < 1.29 is 14.3 Å². The quantitative estimate of drug-likeness (QED) is 0.523. The highest BCUT2D eigenvalue weighted by Crippen LogP contribution is 2.25. The molecule has 0 unspecified atom stereocenters. The summed E-state index contributed by atoms with van der Waals surface area (Å²) in [6.45, 7) is 8.88. The third-order valence-corrected chi connectivity index (χ3v) is 6.94. The van der Waals surface area contributed by atoms with Crippen LogP contribution in [0.3, 0.4) is 0 Å². The van der Waals surface area contributed by atoms with Crippen molar-refractivity contribution in [2.45, 2.75) is 31.3 Å². The Balaban J connectivity index is 1.36. The van der Waals surface area contributed by atoms with Gasteiger partial charge in [0.05, 0.1) is 19.0 Å². The van der Waals surface area contributed by atoms with Crippen molar-refractivity contribution in [1.82, 2.24) is 19.7 Å². The summed E-state index contributed by atoms with van der Waals surface area (Å²) >= 11 is 1.38. The summed E-state index contributed by atoms with van der Waals surface area (Å²) in [5.41, 5.74) is 3.42. The molecule has 0 saturated carbocycles. The molecule has 2 amide bonds. The molecular formula is C26H31N5O3S. The lowest BCUT2D eigenvalue weighted by Crippen LogP contribution is -2.41. The van der Waals surface area contributed by atoms with Gasteiger partial charge in [0.15, 0.2) is 11.0 Å². The lowest BCUT2D eigenvalue weighted by molar-refractivity contribution is -0.132. The number of nitrogens with one attached hydrogen (secondary N) is 1. The van der Waals surface area contributed by atoms with Crippen LogP contribution in [0, 0.1) is 0 Å². The van der Waals surface area contributed by atoms with Gasteiger partial charge in [-0.25, -0.2) is 0 Å². The lowest BCUT2D eigenvalue weighted by atomic mass is 9.87. The Labute approximate surface area is 210 Å². The number of aromatic nitrogens is 3. The number of rotatable bonds is 6. The van der Waals surface area contributed by atoms with Crippen LogP contribution in [0.15, 0.2) is 53.7 Å². The minimum atomic E-state index is -0.152. The maximum Gasteiger partial charge on any atom is 0.255 e. The van der Waals surface area contributed by atoms with Gasteiger partial charge in [-0.3, -0.25) is 9.59 Å². The largest absolute Gasteiger partial charge is 0.378 e. The molecule has 1 fully saturated rings. The van der Waals surface area contributed by atoms with E-state index in [0.29, 0.717) is 54.3 Å². The molecule has 1 saturated heterocycles. The van der Waals surface area contributed by atoms with E-state index in [9.17, 15) is 9.59 Å². The van der Waals surface area contributed by atoms with Crippen LogP contribution in [-0.4, -0.2) is 63.5 Å².